The van der Waals surface area contributed by atoms with Crippen molar-refractivity contribution < 1.29 is 18.4 Å². The lowest BCUT2D eigenvalue weighted by Gasteiger charge is -2.27. The summed E-state index contributed by atoms with van der Waals surface area (Å²) in [5.41, 5.74) is 0.936. The zero-order valence-corrected chi connectivity index (χ0v) is 15.0. The van der Waals surface area contributed by atoms with Gasteiger partial charge in [0, 0.05) is 19.2 Å². The molecule has 0 saturated carbocycles. The molecule has 1 N–H and O–H groups in total. The highest BCUT2D eigenvalue weighted by Gasteiger charge is 2.27. The second kappa shape index (κ2) is 8.56. The molecule has 0 spiro atoms. The molecule has 138 valence electrons. The molecule has 0 aliphatic carbocycles. The summed E-state index contributed by atoms with van der Waals surface area (Å²) in [7, 11) is 1.60. The monoisotopic (exact) mass is 360 g/mol. The average Bonchev–Trinajstić information content (AvgIpc) is 2.59. The Morgan fingerprint density at radius 1 is 1.04 bits per heavy atom. The second-order valence-corrected chi connectivity index (χ2v) is 6.53. The quantitative estimate of drug-likeness (QED) is 0.859. The third-order valence-electron chi connectivity index (χ3n) is 4.01. The maximum atomic E-state index is 13.3. The Labute approximate surface area is 151 Å². The molecular formula is C20H22F2N2O2. The summed E-state index contributed by atoms with van der Waals surface area (Å²) < 4.78 is 26.3. The molecule has 0 saturated heterocycles. The van der Waals surface area contributed by atoms with Crippen molar-refractivity contribution in [3.8, 4) is 0 Å². The van der Waals surface area contributed by atoms with Gasteiger partial charge >= 0.3 is 0 Å². The predicted molar refractivity (Wildman–Crippen MR) is 95.4 cm³/mol. The van der Waals surface area contributed by atoms with Gasteiger partial charge < -0.3 is 10.2 Å². The number of hydrogen-bond acceptors (Lipinski definition) is 2. The standard InChI is InChI=1S/C20H22F2N2O2/c1-13(2)18(23-19(25)15-7-9-16(21)10-8-15)20(26)24(3)12-14-5-4-6-17(22)11-14/h4-11,13,18H,12H2,1-3H3,(H,23,25). The molecule has 0 aromatic heterocycles. The van der Waals surface area contributed by atoms with Crippen LogP contribution in [0.15, 0.2) is 48.5 Å². The molecule has 6 heteroatoms. The zero-order chi connectivity index (χ0) is 19.3. The van der Waals surface area contributed by atoms with Gasteiger partial charge in [-0.1, -0.05) is 26.0 Å². The van der Waals surface area contributed by atoms with Crippen LogP contribution in [-0.4, -0.2) is 29.8 Å². The van der Waals surface area contributed by atoms with Crippen LogP contribution in [0, 0.1) is 17.6 Å². The third kappa shape index (κ3) is 5.12. The normalized spacial score (nSPS) is 11.9. The lowest BCUT2D eigenvalue weighted by molar-refractivity contribution is -0.133. The van der Waals surface area contributed by atoms with Crippen LogP contribution in [0.2, 0.25) is 0 Å². The number of carbonyl (C=O) groups is 2. The van der Waals surface area contributed by atoms with Crippen LogP contribution >= 0.6 is 0 Å². The van der Waals surface area contributed by atoms with Crippen LogP contribution in [0.25, 0.3) is 0 Å². The minimum absolute atomic E-state index is 0.151. The molecule has 0 aliphatic heterocycles. The zero-order valence-electron chi connectivity index (χ0n) is 15.0. The first-order valence-electron chi connectivity index (χ1n) is 8.33. The predicted octanol–water partition coefficient (Wildman–Crippen LogP) is 3.38. The summed E-state index contributed by atoms with van der Waals surface area (Å²) in [6.45, 7) is 3.87. The Kier molecular flexibility index (Phi) is 6.44. The highest BCUT2D eigenvalue weighted by molar-refractivity contribution is 5.97. The number of nitrogens with one attached hydrogen (secondary N) is 1. The molecule has 0 aliphatic rings. The van der Waals surface area contributed by atoms with Crippen LogP contribution in [0.5, 0.6) is 0 Å². The van der Waals surface area contributed by atoms with Crippen LogP contribution in [0.4, 0.5) is 8.78 Å². The van der Waals surface area contributed by atoms with E-state index >= 15 is 0 Å². The summed E-state index contributed by atoms with van der Waals surface area (Å²) in [6.07, 6.45) is 0. The lowest BCUT2D eigenvalue weighted by Crippen LogP contribution is -2.50. The summed E-state index contributed by atoms with van der Waals surface area (Å²) in [6, 6.07) is 10.4. The minimum atomic E-state index is -0.744. The number of nitrogens with zero attached hydrogens (tertiary/aromatic N) is 1. The lowest BCUT2D eigenvalue weighted by atomic mass is 10.0. The molecule has 0 fully saturated rings. The maximum absolute atomic E-state index is 13.3. The number of likely N-dealkylation sites (N-methyl/N-ethyl adjacent to an activating group) is 1. The van der Waals surface area contributed by atoms with E-state index in [1.807, 2.05) is 13.8 Å². The number of carbonyl (C=O) groups excluding carboxylic acids is 2. The van der Waals surface area contributed by atoms with Crippen LogP contribution in [0.1, 0.15) is 29.8 Å². The summed E-state index contributed by atoms with van der Waals surface area (Å²) >= 11 is 0. The van der Waals surface area contributed by atoms with Crippen LogP contribution < -0.4 is 5.32 Å². The number of rotatable bonds is 6. The molecule has 4 nitrogen and oxygen atoms in total. The summed E-state index contributed by atoms with van der Waals surface area (Å²) in [5.74, 6) is -1.68. The van der Waals surface area contributed by atoms with Crippen molar-refractivity contribution in [2.75, 3.05) is 7.05 Å². The van der Waals surface area contributed by atoms with E-state index in [-0.39, 0.29) is 29.8 Å². The molecule has 0 heterocycles. The van der Waals surface area contributed by atoms with Crippen molar-refractivity contribution in [2.45, 2.75) is 26.4 Å². The fourth-order valence-electron chi connectivity index (χ4n) is 2.56. The Hall–Kier alpha value is -2.76. The summed E-state index contributed by atoms with van der Waals surface area (Å²) in [4.78, 5) is 26.5. The van der Waals surface area contributed by atoms with Crippen molar-refractivity contribution in [1.29, 1.82) is 0 Å². The number of halogens is 2. The van der Waals surface area contributed by atoms with Gasteiger partial charge in [-0.25, -0.2) is 8.78 Å². The van der Waals surface area contributed by atoms with Crippen molar-refractivity contribution in [3.63, 3.8) is 0 Å². The van der Waals surface area contributed by atoms with Gasteiger partial charge in [-0.05, 0) is 47.9 Å². The average molecular weight is 360 g/mol. The van der Waals surface area contributed by atoms with Gasteiger partial charge in [0.25, 0.3) is 5.91 Å². The van der Waals surface area contributed by atoms with Crippen LogP contribution in [0.3, 0.4) is 0 Å². The van der Waals surface area contributed by atoms with Gasteiger partial charge in [0.2, 0.25) is 5.91 Å². The third-order valence-corrected chi connectivity index (χ3v) is 4.01. The van der Waals surface area contributed by atoms with Crippen LogP contribution in [-0.2, 0) is 11.3 Å². The van der Waals surface area contributed by atoms with E-state index in [0.717, 1.165) is 0 Å². The first-order valence-corrected chi connectivity index (χ1v) is 8.33. The Morgan fingerprint density at radius 2 is 1.69 bits per heavy atom. The number of hydrogen-bond donors (Lipinski definition) is 1. The molecule has 2 rings (SSSR count). The second-order valence-electron chi connectivity index (χ2n) is 6.53. The smallest absolute Gasteiger partial charge is 0.251 e. The molecule has 0 radical (unpaired) electrons. The van der Waals surface area contributed by atoms with E-state index in [1.54, 1.807) is 19.2 Å². The first kappa shape index (κ1) is 19.6. The molecule has 0 bridgehead atoms. The maximum Gasteiger partial charge on any atom is 0.251 e. The van der Waals surface area contributed by atoms with E-state index in [2.05, 4.69) is 5.32 Å². The number of benzene rings is 2. The SMILES string of the molecule is CC(C)C(NC(=O)c1ccc(F)cc1)C(=O)N(C)Cc1cccc(F)c1. The Morgan fingerprint density at radius 3 is 2.27 bits per heavy atom. The van der Waals surface area contributed by atoms with Crippen molar-refractivity contribution in [1.82, 2.24) is 10.2 Å². The van der Waals surface area contributed by atoms with E-state index in [4.69, 9.17) is 0 Å². The van der Waals surface area contributed by atoms with Gasteiger partial charge in [0.1, 0.15) is 17.7 Å². The van der Waals surface area contributed by atoms with Gasteiger partial charge in [0.15, 0.2) is 0 Å². The van der Waals surface area contributed by atoms with Gasteiger partial charge in [-0.15, -0.1) is 0 Å². The van der Waals surface area contributed by atoms with E-state index < -0.39 is 17.8 Å². The minimum Gasteiger partial charge on any atom is -0.340 e. The molecular weight excluding hydrogens is 338 g/mol. The fraction of sp³-hybridized carbons (Fsp3) is 0.300. The molecule has 2 aromatic carbocycles. The molecule has 1 unspecified atom stereocenters. The van der Waals surface area contributed by atoms with Crippen molar-refractivity contribution in [2.24, 2.45) is 5.92 Å². The van der Waals surface area contributed by atoms with E-state index in [1.165, 1.54) is 41.3 Å². The van der Waals surface area contributed by atoms with Crippen molar-refractivity contribution in [3.05, 3.63) is 71.3 Å². The van der Waals surface area contributed by atoms with Crippen molar-refractivity contribution >= 4 is 11.8 Å². The van der Waals surface area contributed by atoms with Gasteiger partial charge in [-0.2, -0.15) is 0 Å². The Bertz CT molecular complexity index is 776. The molecule has 1 atom stereocenters. The topological polar surface area (TPSA) is 49.4 Å². The highest BCUT2D eigenvalue weighted by Crippen LogP contribution is 2.12. The summed E-state index contributed by atoms with van der Waals surface area (Å²) in [5, 5.41) is 2.70. The van der Waals surface area contributed by atoms with E-state index in [9.17, 15) is 18.4 Å². The molecule has 26 heavy (non-hydrogen) atoms. The largest absolute Gasteiger partial charge is 0.340 e. The number of amides is 2. The fourth-order valence-corrected chi connectivity index (χ4v) is 2.56. The molecule has 2 amide bonds. The van der Waals surface area contributed by atoms with Gasteiger partial charge in [-0.3, -0.25) is 9.59 Å². The van der Waals surface area contributed by atoms with E-state index in [0.29, 0.717) is 5.56 Å². The van der Waals surface area contributed by atoms with Gasteiger partial charge in [0.05, 0.1) is 0 Å². The molecule has 2 aromatic rings. The first-order chi connectivity index (χ1) is 12.3. The highest BCUT2D eigenvalue weighted by atomic mass is 19.1. The Balaban J connectivity index is 2.08.